The molecule has 1 aliphatic heterocycles. The molecular formula is C25H35ClF3N7O4S. The van der Waals surface area contributed by atoms with Crippen molar-refractivity contribution in [3.8, 4) is 5.75 Å². The summed E-state index contributed by atoms with van der Waals surface area (Å²) < 4.78 is 70.9. The summed E-state index contributed by atoms with van der Waals surface area (Å²) in [6.45, 7) is 0.433. The number of likely N-dealkylation sites (N-methyl/N-ethyl adjacent to an activating group) is 1. The standard InChI is InChI=1S/C25H35ClF3N7O4S/c1-35-8-9-36(14-22(37)25(27,28)29)13-15-10-21(40-2)19(11-20(15)35)32-24-30-12-16(26)23(33-24)31-17-6-4-5-7-18(17)34-41(3,38)39/h10-12,17-18,22,34,37H,4-9,13-14H2,1-3H3,(H2,30,31,32,33)/t17-,18-,22-/m1/s1. The highest BCUT2D eigenvalue weighted by molar-refractivity contribution is 7.88. The number of rotatable bonds is 9. The minimum atomic E-state index is -4.69. The largest absolute Gasteiger partial charge is 0.495 e. The van der Waals surface area contributed by atoms with E-state index in [-0.39, 0.29) is 29.6 Å². The highest BCUT2D eigenvalue weighted by Crippen LogP contribution is 2.37. The third kappa shape index (κ3) is 8.25. The molecule has 2 aromatic rings. The molecule has 4 rings (SSSR count). The number of methoxy groups -OCH3 is 1. The Bertz CT molecular complexity index is 1340. The zero-order valence-electron chi connectivity index (χ0n) is 23.0. The summed E-state index contributed by atoms with van der Waals surface area (Å²) in [5.41, 5.74) is 2.05. The SMILES string of the molecule is COc1cc2c(cc1Nc1ncc(Cl)c(N[C@@H]3CCCC[C@H]3NS(C)(=O)=O)n1)N(C)CCN(C[C@@H](O)C(F)(F)F)C2. The molecule has 0 unspecified atom stereocenters. The number of alkyl halides is 3. The summed E-state index contributed by atoms with van der Waals surface area (Å²) in [6, 6.07) is 3.03. The number of hydrogen-bond donors (Lipinski definition) is 4. The zero-order chi connectivity index (χ0) is 29.9. The average Bonchev–Trinajstić information content (AvgIpc) is 3.03. The average molecular weight is 622 g/mol. The zero-order valence-corrected chi connectivity index (χ0v) is 24.6. The quantitative estimate of drug-likeness (QED) is 0.331. The first-order chi connectivity index (χ1) is 19.2. The van der Waals surface area contributed by atoms with Gasteiger partial charge in [-0.15, -0.1) is 0 Å². The van der Waals surface area contributed by atoms with Crippen LogP contribution in [0, 0.1) is 0 Å². The van der Waals surface area contributed by atoms with Gasteiger partial charge in [0.25, 0.3) is 0 Å². The molecule has 228 valence electrons. The van der Waals surface area contributed by atoms with Crippen LogP contribution in [0.3, 0.4) is 0 Å². The lowest BCUT2D eigenvalue weighted by molar-refractivity contribution is -0.208. The Morgan fingerprint density at radius 1 is 1.22 bits per heavy atom. The van der Waals surface area contributed by atoms with E-state index in [1.165, 1.54) is 13.3 Å². The number of aromatic nitrogens is 2. The number of hydrogen-bond acceptors (Lipinski definition) is 10. The van der Waals surface area contributed by atoms with Crippen molar-refractivity contribution in [2.24, 2.45) is 0 Å². The van der Waals surface area contributed by atoms with Gasteiger partial charge in [-0.25, -0.2) is 18.1 Å². The highest BCUT2D eigenvalue weighted by atomic mass is 35.5. The molecule has 3 atom stereocenters. The fourth-order valence-corrected chi connectivity index (χ4v) is 6.12. The van der Waals surface area contributed by atoms with Crippen LogP contribution >= 0.6 is 11.6 Å². The number of aliphatic hydroxyl groups is 1. The molecule has 1 aliphatic carbocycles. The third-order valence-corrected chi connectivity index (χ3v) is 8.22. The number of ether oxygens (including phenoxy) is 1. The van der Waals surface area contributed by atoms with Crippen LogP contribution in [0.2, 0.25) is 5.02 Å². The molecule has 16 heteroatoms. The van der Waals surface area contributed by atoms with Gasteiger partial charge in [-0.2, -0.15) is 18.2 Å². The number of β-amino-alcohol motifs (C(OH)–C–C–N with tert-alkyl or cyclic N) is 1. The number of sulfonamides is 1. The molecule has 1 saturated carbocycles. The van der Waals surface area contributed by atoms with E-state index in [1.54, 1.807) is 11.0 Å². The van der Waals surface area contributed by atoms with E-state index in [9.17, 15) is 26.7 Å². The maximum absolute atomic E-state index is 13.0. The second kappa shape index (κ2) is 12.7. The second-order valence-electron chi connectivity index (χ2n) is 10.4. The van der Waals surface area contributed by atoms with Crippen LogP contribution in [0.15, 0.2) is 18.3 Å². The lowest BCUT2D eigenvalue weighted by Gasteiger charge is -2.32. The number of anilines is 4. The molecule has 4 N–H and O–H groups in total. The van der Waals surface area contributed by atoms with E-state index in [1.807, 2.05) is 18.0 Å². The van der Waals surface area contributed by atoms with E-state index < -0.39 is 28.8 Å². The Morgan fingerprint density at radius 2 is 1.93 bits per heavy atom. The predicted molar refractivity (Wildman–Crippen MR) is 152 cm³/mol. The van der Waals surface area contributed by atoms with Crippen molar-refractivity contribution < 1.29 is 31.4 Å². The van der Waals surface area contributed by atoms with Gasteiger partial charge in [0.15, 0.2) is 11.9 Å². The summed E-state index contributed by atoms with van der Waals surface area (Å²) in [4.78, 5) is 12.3. The van der Waals surface area contributed by atoms with Gasteiger partial charge >= 0.3 is 6.18 Å². The van der Waals surface area contributed by atoms with Crippen molar-refractivity contribution >= 4 is 44.8 Å². The molecular weight excluding hydrogens is 587 g/mol. The number of halogens is 4. The van der Waals surface area contributed by atoms with Gasteiger partial charge in [-0.1, -0.05) is 24.4 Å². The summed E-state index contributed by atoms with van der Waals surface area (Å²) in [5, 5.41) is 16.3. The third-order valence-electron chi connectivity index (χ3n) is 7.21. The van der Waals surface area contributed by atoms with Crippen LogP contribution in [0.4, 0.5) is 36.3 Å². The first-order valence-corrected chi connectivity index (χ1v) is 15.4. The Balaban J connectivity index is 1.56. The molecule has 2 heterocycles. The molecule has 41 heavy (non-hydrogen) atoms. The molecule has 0 spiro atoms. The fourth-order valence-electron chi connectivity index (χ4n) is 5.14. The highest BCUT2D eigenvalue weighted by Gasteiger charge is 2.39. The van der Waals surface area contributed by atoms with Gasteiger partial charge in [0, 0.05) is 51.0 Å². The van der Waals surface area contributed by atoms with Gasteiger partial charge in [-0.3, -0.25) is 4.90 Å². The van der Waals surface area contributed by atoms with Crippen LogP contribution < -0.4 is 25.0 Å². The molecule has 1 aromatic heterocycles. The van der Waals surface area contributed by atoms with E-state index in [2.05, 4.69) is 25.3 Å². The van der Waals surface area contributed by atoms with Gasteiger partial charge in [0.1, 0.15) is 10.8 Å². The van der Waals surface area contributed by atoms with Crippen molar-refractivity contribution in [3.63, 3.8) is 0 Å². The Hall–Kier alpha value is -2.59. The minimum Gasteiger partial charge on any atom is -0.495 e. The van der Waals surface area contributed by atoms with E-state index in [0.717, 1.165) is 36.8 Å². The Kier molecular flexibility index (Phi) is 9.74. The second-order valence-corrected chi connectivity index (χ2v) is 12.6. The van der Waals surface area contributed by atoms with Crippen molar-refractivity contribution in [1.82, 2.24) is 19.6 Å². The molecule has 0 bridgehead atoms. The van der Waals surface area contributed by atoms with Crippen LogP contribution in [0.25, 0.3) is 0 Å². The Labute approximate surface area is 242 Å². The monoisotopic (exact) mass is 621 g/mol. The molecule has 1 fully saturated rings. The maximum Gasteiger partial charge on any atom is 0.415 e. The van der Waals surface area contributed by atoms with Gasteiger partial charge in [0.05, 0.1) is 25.2 Å². The van der Waals surface area contributed by atoms with Gasteiger partial charge in [-0.05, 0) is 30.5 Å². The molecule has 0 amide bonds. The number of aliphatic hydroxyl groups excluding tert-OH is 1. The lowest BCUT2D eigenvalue weighted by atomic mass is 9.91. The van der Waals surface area contributed by atoms with E-state index in [0.29, 0.717) is 36.8 Å². The number of benzene rings is 1. The van der Waals surface area contributed by atoms with E-state index in [4.69, 9.17) is 16.3 Å². The summed E-state index contributed by atoms with van der Waals surface area (Å²) in [7, 11) is -0.0815. The van der Waals surface area contributed by atoms with Gasteiger partial charge < -0.3 is 25.4 Å². The predicted octanol–water partition coefficient (Wildman–Crippen LogP) is 3.33. The minimum absolute atomic E-state index is 0.193. The maximum atomic E-state index is 13.0. The molecule has 0 saturated heterocycles. The first kappa shape index (κ1) is 31.3. The number of fused-ring (bicyclic) bond motifs is 1. The van der Waals surface area contributed by atoms with Gasteiger partial charge in [0.2, 0.25) is 16.0 Å². The van der Waals surface area contributed by atoms with Crippen molar-refractivity contribution in [2.45, 2.75) is 56.6 Å². The van der Waals surface area contributed by atoms with E-state index >= 15 is 0 Å². The van der Waals surface area contributed by atoms with Crippen molar-refractivity contribution in [2.75, 3.05) is 55.6 Å². The number of nitrogens with one attached hydrogen (secondary N) is 3. The summed E-state index contributed by atoms with van der Waals surface area (Å²) in [6.07, 6.45) is -1.30. The summed E-state index contributed by atoms with van der Waals surface area (Å²) >= 11 is 6.39. The lowest BCUT2D eigenvalue weighted by Crippen LogP contribution is -2.48. The van der Waals surface area contributed by atoms with Crippen LogP contribution in [0.1, 0.15) is 31.2 Å². The van der Waals surface area contributed by atoms with Crippen molar-refractivity contribution in [1.29, 1.82) is 0 Å². The van der Waals surface area contributed by atoms with Crippen LogP contribution in [-0.4, -0.2) is 92.8 Å². The Morgan fingerprint density at radius 3 is 2.59 bits per heavy atom. The molecule has 0 radical (unpaired) electrons. The first-order valence-electron chi connectivity index (χ1n) is 13.2. The molecule has 1 aromatic carbocycles. The topological polar surface area (TPSA) is 132 Å². The normalized spacial score (nSPS) is 21.1. The molecule has 2 aliphatic rings. The fraction of sp³-hybridized carbons (Fsp3) is 0.600. The van der Waals surface area contributed by atoms with Crippen LogP contribution in [0.5, 0.6) is 5.75 Å². The van der Waals surface area contributed by atoms with Crippen LogP contribution in [-0.2, 0) is 16.6 Å². The summed E-state index contributed by atoms with van der Waals surface area (Å²) in [5.74, 6) is 0.985. The number of nitrogens with zero attached hydrogens (tertiary/aromatic N) is 4. The van der Waals surface area contributed by atoms with Crippen molar-refractivity contribution in [3.05, 3.63) is 28.9 Å². The smallest absolute Gasteiger partial charge is 0.415 e. The molecule has 11 nitrogen and oxygen atoms in total.